The minimum atomic E-state index is -1.10. The molecule has 0 unspecified atom stereocenters. The molecule has 8 heteroatoms. The molecule has 0 atom stereocenters. The van der Waals surface area contributed by atoms with Gasteiger partial charge in [0.15, 0.2) is 5.82 Å². The molecule has 1 heterocycles. The molecule has 0 aliphatic heterocycles. The number of nitrogens with zero attached hydrogens (tertiary/aromatic N) is 4. The van der Waals surface area contributed by atoms with Crippen LogP contribution < -0.4 is 5.32 Å². The van der Waals surface area contributed by atoms with Gasteiger partial charge in [-0.3, -0.25) is 4.79 Å². The van der Waals surface area contributed by atoms with Crippen molar-refractivity contribution in [1.82, 2.24) is 20.2 Å². The van der Waals surface area contributed by atoms with Gasteiger partial charge in [0, 0.05) is 12.6 Å². The van der Waals surface area contributed by atoms with E-state index in [4.69, 9.17) is 5.11 Å². The van der Waals surface area contributed by atoms with Crippen molar-refractivity contribution in [1.29, 1.82) is 0 Å². The molecular weight excluding hydrogens is 250 g/mol. The van der Waals surface area contributed by atoms with Gasteiger partial charge in [0.1, 0.15) is 0 Å². The normalized spacial score (nSPS) is 10.2. The fraction of sp³-hybridized carbons (Fsp3) is 0.182. The topological polar surface area (TPSA) is 110 Å². The van der Waals surface area contributed by atoms with Gasteiger partial charge in [0.05, 0.1) is 11.3 Å². The van der Waals surface area contributed by atoms with E-state index in [1.54, 1.807) is 6.92 Å². The van der Waals surface area contributed by atoms with E-state index < -0.39 is 5.97 Å². The Morgan fingerprint density at radius 1 is 1.37 bits per heavy atom. The van der Waals surface area contributed by atoms with Crippen LogP contribution in [0.3, 0.4) is 0 Å². The maximum absolute atomic E-state index is 11.2. The van der Waals surface area contributed by atoms with E-state index in [1.165, 1.54) is 29.8 Å². The smallest absolute Gasteiger partial charge is 0.337 e. The van der Waals surface area contributed by atoms with Crippen LogP contribution in [0.15, 0.2) is 18.2 Å². The second-order valence-corrected chi connectivity index (χ2v) is 3.86. The zero-order valence-electron chi connectivity index (χ0n) is 10.3. The van der Waals surface area contributed by atoms with Crippen LogP contribution in [-0.2, 0) is 4.79 Å². The molecule has 0 spiro atoms. The maximum Gasteiger partial charge on any atom is 0.337 e. The molecule has 0 radical (unpaired) electrons. The van der Waals surface area contributed by atoms with Crippen LogP contribution in [0.5, 0.6) is 0 Å². The number of tetrazole rings is 1. The molecule has 2 aromatic rings. The van der Waals surface area contributed by atoms with Gasteiger partial charge in [0.2, 0.25) is 5.91 Å². The SMILES string of the molecule is CC(=O)Nc1ccc(C(=O)O)c(-n2nnnc2C)c1. The number of hydrogen-bond acceptors (Lipinski definition) is 5. The van der Waals surface area contributed by atoms with E-state index in [0.29, 0.717) is 17.2 Å². The van der Waals surface area contributed by atoms with E-state index in [2.05, 4.69) is 20.8 Å². The maximum atomic E-state index is 11.2. The molecule has 1 amide bonds. The monoisotopic (exact) mass is 261 g/mol. The molecule has 0 aliphatic carbocycles. The first kappa shape index (κ1) is 12.7. The van der Waals surface area contributed by atoms with Crippen LogP contribution in [0, 0.1) is 6.92 Å². The highest BCUT2D eigenvalue weighted by Gasteiger charge is 2.15. The highest BCUT2D eigenvalue weighted by Crippen LogP contribution is 2.20. The summed E-state index contributed by atoms with van der Waals surface area (Å²) < 4.78 is 1.30. The van der Waals surface area contributed by atoms with Crippen molar-refractivity contribution in [3.8, 4) is 5.69 Å². The van der Waals surface area contributed by atoms with Crippen molar-refractivity contribution in [3.63, 3.8) is 0 Å². The van der Waals surface area contributed by atoms with Gasteiger partial charge >= 0.3 is 5.97 Å². The Balaban J connectivity index is 2.57. The van der Waals surface area contributed by atoms with Gasteiger partial charge in [-0.25, -0.2) is 4.79 Å². The lowest BCUT2D eigenvalue weighted by atomic mass is 10.1. The van der Waals surface area contributed by atoms with Crippen LogP contribution in [0.25, 0.3) is 5.69 Å². The van der Waals surface area contributed by atoms with E-state index in [-0.39, 0.29) is 11.5 Å². The molecule has 8 nitrogen and oxygen atoms in total. The Hall–Kier alpha value is -2.77. The molecule has 1 aromatic carbocycles. The highest BCUT2D eigenvalue weighted by atomic mass is 16.4. The molecule has 2 N–H and O–H groups in total. The van der Waals surface area contributed by atoms with E-state index in [0.717, 1.165) is 0 Å². The lowest BCUT2D eigenvalue weighted by Gasteiger charge is -2.09. The van der Waals surface area contributed by atoms with Crippen LogP contribution >= 0.6 is 0 Å². The Bertz CT molecular complexity index is 650. The number of carboxylic acids is 1. The fourth-order valence-electron chi connectivity index (χ4n) is 1.62. The number of aryl methyl sites for hydroxylation is 1. The van der Waals surface area contributed by atoms with Crippen LogP contribution in [0.1, 0.15) is 23.1 Å². The van der Waals surface area contributed by atoms with Gasteiger partial charge < -0.3 is 10.4 Å². The first-order chi connectivity index (χ1) is 8.99. The van der Waals surface area contributed by atoms with Gasteiger partial charge in [-0.15, -0.1) is 5.10 Å². The second kappa shape index (κ2) is 4.84. The van der Waals surface area contributed by atoms with Crippen LogP contribution in [-0.4, -0.2) is 37.2 Å². The quantitative estimate of drug-likeness (QED) is 0.838. The molecule has 19 heavy (non-hydrogen) atoms. The van der Waals surface area contributed by atoms with Gasteiger partial charge in [-0.05, 0) is 35.5 Å². The third-order valence-electron chi connectivity index (χ3n) is 2.40. The van der Waals surface area contributed by atoms with Crippen molar-refractivity contribution < 1.29 is 14.7 Å². The van der Waals surface area contributed by atoms with Crippen molar-refractivity contribution in [2.75, 3.05) is 5.32 Å². The fourth-order valence-corrected chi connectivity index (χ4v) is 1.62. The lowest BCUT2D eigenvalue weighted by Crippen LogP contribution is -2.11. The summed E-state index contributed by atoms with van der Waals surface area (Å²) in [7, 11) is 0. The van der Waals surface area contributed by atoms with E-state index >= 15 is 0 Å². The summed E-state index contributed by atoms with van der Waals surface area (Å²) in [5.41, 5.74) is 0.813. The highest BCUT2D eigenvalue weighted by molar-refractivity contribution is 5.94. The number of rotatable bonds is 3. The Morgan fingerprint density at radius 3 is 2.63 bits per heavy atom. The second-order valence-electron chi connectivity index (χ2n) is 3.86. The summed E-state index contributed by atoms with van der Waals surface area (Å²) >= 11 is 0. The number of aromatic carboxylic acids is 1. The largest absolute Gasteiger partial charge is 0.478 e. The summed E-state index contributed by atoms with van der Waals surface area (Å²) in [4.78, 5) is 22.2. The molecule has 0 aliphatic rings. The summed E-state index contributed by atoms with van der Waals surface area (Å²) in [6, 6.07) is 4.41. The standard InChI is InChI=1S/C11H11N5O3/c1-6-13-14-15-16(6)10-5-8(12-7(2)17)3-4-9(10)11(18)19/h3-5H,1-2H3,(H,12,17)(H,18,19). The van der Waals surface area contributed by atoms with Crippen molar-refractivity contribution in [2.24, 2.45) is 0 Å². The van der Waals surface area contributed by atoms with E-state index in [1.807, 2.05) is 0 Å². The molecule has 0 saturated carbocycles. The molecule has 98 valence electrons. The van der Waals surface area contributed by atoms with E-state index in [9.17, 15) is 9.59 Å². The number of aromatic nitrogens is 4. The first-order valence-electron chi connectivity index (χ1n) is 5.39. The zero-order chi connectivity index (χ0) is 14.0. The average Bonchev–Trinajstić information content (AvgIpc) is 2.74. The number of carbonyl (C=O) groups excluding carboxylic acids is 1. The Labute approximate surface area is 108 Å². The number of carbonyl (C=O) groups is 2. The van der Waals surface area contributed by atoms with Gasteiger partial charge in [-0.1, -0.05) is 0 Å². The predicted octanol–water partition coefficient (Wildman–Crippen LogP) is 0.627. The zero-order valence-corrected chi connectivity index (χ0v) is 10.3. The number of nitrogens with one attached hydrogen (secondary N) is 1. The molecule has 0 saturated heterocycles. The summed E-state index contributed by atoms with van der Waals surface area (Å²) in [6.07, 6.45) is 0. The number of carboxylic acid groups (broad SMARTS) is 1. The molecule has 1 aromatic heterocycles. The van der Waals surface area contributed by atoms with Crippen LogP contribution in [0.4, 0.5) is 5.69 Å². The van der Waals surface area contributed by atoms with Crippen molar-refractivity contribution in [3.05, 3.63) is 29.6 Å². The summed E-state index contributed by atoms with van der Waals surface area (Å²) in [6.45, 7) is 3.02. The molecular formula is C11H11N5O3. The average molecular weight is 261 g/mol. The minimum Gasteiger partial charge on any atom is -0.478 e. The molecule has 0 fully saturated rings. The summed E-state index contributed by atoms with van der Waals surface area (Å²) in [5.74, 6) is -0.899. The first-order valence-corrected chi connectivity index (χ1v) is 5.39. The number of benzene rings is 1. The molecule has 0 bridgehead atoms. The summed E-state index contributed by atoms with van der Waals surface area (Å²) in [5, 5.41) is 22.6. The predicted molar refractivity (Wildman–Crippen MR) is 65.2 cm³/mol. The van der Waals surface area contributed by atoms with Crippen molar-refractivity contribution >= 4 is 17.6 Å². The van der Waals surface area contributed by atoms with Crippen molar-refractivity contribution in [2.45, 2.75) is 13.8 Å². The Morgan fingerprint density at radius 2 is 2.11 bits per heavy atom. The minimum absolute atomic E-state index is 0.0458. The van der Waals surface area contributed by atoms with Crippen LogP contribution in [0.2, 0.25) is 0 Å². The number of anilines is 1. The van der Waals surface area contributed by atoms with Gasteiger partial charge in [0.25, 0.3) is 0 Å². The Kier molecular flexibility index (Phi) is 3.23. The third kappa shape index (κ3) is 2.57. The number of hydrogen-bond donors (Lipinski definition) is 2. The third-order valence-corrected chi connectivity index (χ3v) is 2.40. The number of amides is 1. The lowest BCUT2D eigenvalue weighted by molar-refractivity contribution is -0.114. The molecule has 2 rings (SSSR count). The van der Waals surface area contributed by atoms with Gasteiger partial charge in [-0.2, -0.15) is 4.68 Å².